The van der Waals surface area contributed by atoms with Crippen LogP contribution in [0.15, 0.2) is 18.2 Å². The van der Waals surface area contributed by atoms with Crippen molar-refractivity contribution in [1.29, 1.82) is 0 Å². The summed E-state index contributed by atoms with van der Waals surface area (Å²) in [5.74, 6) is 0.929. The zero-order chi connectivity index (χ0) is 15.4. The Balaban J connectivity index is 2.23. The Morgan fingerprint density at radius 1 is 1.29 bits per heavy atom. The van der Waals surface area contributed by atoms with Crippen LogP contribution in [0.25, 0.3) is 0 Å². The van der Waals surface area contributed by atoms with E-state index in [0.717, 1.165) is 0 Å². The lowest BCUT2D eigenvalue weighted by molar-refractivity contribution is -0.385. The van der Waals surface area contributed by atoms with Gasteiger partial charge in [0.2, 0.25) is 0 Å². The molecule has 1 aliphatic rings. The summed E-state index contributed by atoms with van der Waals surface area (Å²) >= 11 is 0. The molecule has 1 aliphatic carbocycles. The van der Waals surface area contributed by atoms with Crippen LogP contribution in [0.4, 0.5) is 11.4 Å². The van der Waals surface area contributed by atoms with E-state index in [-0.39, 0.29) is 22.8 Å². The van der Waals surface area contributed by atoms with E-state index in [0.29, 0.717) is 17.4 Å². The highest BCUT2D eigenvalue weighted by atomic mass is 16.6. The molecule has 1 unspecified atom stereocenters. The fourth-order valence-electron chi connectivity index (χ4n) is 3.00. The number of hydrogen-bond donors (Lipinski definition) is 1. The molecule has 1 fully saturated rings. The Hall–Kier alpha value is -1.78. The molecular weight excluding hydrogens is 268 g/mol. The average Bonchev–Trinajstić information content (AvgIpc) is 2.91. The van der Waals surface area contributed by atoms with Gasteiger partial charge in [-0.3, -0.25) is 10.1 Å². The van der Waals surface area contributed by atoms with E-state index in [9.17, 15) is 10.1 Å². The van der Waals surface area contributed by atoms with Crippen molar-refractivity contribution in [2.24, 2.45) is 5.92 Å². The molecule has 0 amide bonds. The third-order valence-electron chi connectivity index (χ3n) is 4.03. The van der Waals surface area contributed by atoms with E-state index in [1.54, 1.807) is 18.2 Å². The van der Waals surface area contributed by atoms with Gasteiger partial charge in [0.15, 0.2) is 5.75 Å². The third kappa shape index (κ3) is 3.86. The SMILES string of the molecule is CC(C)Oc1cccc(NC(C)C2CCCC2)c1[N+](=O)[O-]. The summed E-state index contributed by atoms with van der Waals surface area (Å²) in [6, 6.07) is 5.45. The summed E-state index contributed by atoms with van der Waals surface area (Å²) in [7, 11) is 0. The van der Waals surface area contributed by atoms with Crippen molar-refractivity contribution >= 4 is 11.4 Å². The second-order valence-electron chi connectivity index (χ2n) is 6.05. The van der Waals surface area contributed by atoms with Gasteiger partial charge in [-0.2, -0.15) is 0 Å². The molecule has 5 heteroatoms. The van der Waals surface area contributed by atoms with Crippen LogP contribution in [0, 0.1) is 16.0 Å². The Labute approximate surface area is 125 Å². The first-order valence-corrected chi connectivity index (χ1v) is 7.69. The first-order chi connectivity index (χ1) is 9.99. The molecule has 116 valence electrons. The maximum atomic E-state index is 11.4. The van der Waals surface area contributed by atoms with Crippen molar-refractivity contribution in [1.82, 2.24) is 0 Å². The molecule has 21 heavy (non-hydrogen) atoms. The molecule has 1 saturated carbocycles. The number of nitro groups is 1. The summed E-state index contributed by atoms with van der Waals surface area (Å²) in [5, 5.41) is 14.7. The second kappa shape index (κ2) is 6.78. The monoisotopic (exact) mass is 292 g/mol. The predicted octanol–water partition coefficient (Wildman–Crippen LogP) is 4.37. The highest BCUT2D eigenvalue weighted by molar-refractivity contribution is 5.68. The summed E-state index contributed by atoms with van der Waals surface area (Å²) in [4.78, 5) is 11.1. The van der Waals surface area contributed by atoms with Gasteiger partial charge in [0.25, 0.3) is 0 Å². The standard InChI is InChI=1S/C16H24N2O3/c1-11(2)21-15-10-6-9-14(16(15)18(19)20)17-12(3)13-7-4-5-8-13/h6,9-13,17H,4-5,7-8H2,1-3H3. The first-order valence-electron chi connectivity index (χ1n) is 7.69. The van der Waals surface area contributed by atoms with E-state index in [1.165, 1.54) is 25.7 Å². The first kappa shape index (κ1) is 15.6. The van der Waals surface area contributed by atoms with Crippen LogP contribution in [-0.4, -0.2) is 17.1 Å². The number of rotatable bonds is 6. The maximum Gasteiger partial charge on any atom is 0.333 e. The summed E-state index contributed by atoms with van der Waals surface area (Å²) in [6.07, 6.45) is 4.82. The van der Waals surface area contributed by atoms with Crippen LogP contribution >= 0.6 is 0 Å². The molecule has 1 N–H and O–H groups in total. The van der Waals surface area contributed by atoms with Gasteiger partial charge in [-0.25, -0.2) is 0 Å². The molecule has 2 rings (SSSR count). The molecule has 0 bridgehead atoms. The highest BCUT2D eigenvalue weighted by Crippen LogP contribution is 2.37. The lowest BCUT2D eigenvalue weighted by atomic mass is 9.99. The minimum absolute atomic E-state index is 0.0380. The van der Waals surface area contributed by atoms with Gasteiger partial charge < -0.3 is 10.1 Å². The van der Waals surface area contributed by atoms with Gasteiger partial charge >= 0.3 is 5.69 Å². The van der Waals surface area contributed by atoms with Crippen molar-refractivity contribution in [3.8, 4) is 5.75 Å². The van der Waals surface area contributed by atoms with E-state index in [4.69, 9.17) is 4.74 Å². The number of anilines is 1. The molecule has 0 saturated heterocycles. The van der Waals surface area contributed by atoms with E-state index >= 15 is 0 Å². The fraction of sp³-hybridized carbons (Fsp3) is 0.625. The molecule has 0 aliphatic heterocycles. The van der Waals surface area contributed by atoms with Crippen LogP contribution in [0.2, 0.25) is 0 Å². The van der Waals surface area contributed by atoms with Crippen LogP contribution < -0.4 is 10.1 Å². The average molecular weight is 292 g/mol. The van der Waals surface area contributed by atoms with Gasteiger partial charge in [-0.1, -0.05) is 18.9 Å². The molecule has 1 aromatic rings. The number of hydrogen-bond acceptors (Lipinski definition) is 4. The van der Waals surface area contributed by atoms with Crippen LogP contribution in [0.5, 0.6) is 5.75 Å². The number of para-hydroxylation sites is 1. The van der Waals surface area contributed by atoms with E-state index < -0.39 is 0 Å². The fourth-order valence-corrected chi connectivity index (χ4v) is 3.00. The van der Waals surface area contributed by atoms with Crippen molar-refractivity contribution in [2.45, 2.75) is 58.6 Å². The number of nitrogens with one attached hydrogen (secondary N) is 1. The van der Waals surface area contributed by atoms with Crippen molar-refractivity contribution in [3.05, 3.63) is 28.3 Å². The molecular formula is C16H24N2O3. The zero-order valence-electron chi connectivity index (χ0n) is 13.0. The van der Waals surface area contributed by atoms with E-state index in [1.807, 2.05) is 13.8 Å². The minimum atomic E-state index is -0.360. The van der Waals surface area contributed by atoms with E-state index in [2.05, 4.69) is 12.2 Å². The molecule has 0 radical (unpaired) electrons. The van der Waals surface area contributed by atoms with Crippen molar-refractivity contribution in [3.63, 3.8) is 0 Å². The van der Waals surface area contributed by atoms with Gasteiger partial charge in [-0.05, 0) is 51.7 Å². The van der Waals surface area contributed by atoms with Gasteiger partial charge in [-0.15, -0.1) is 0 Å². The third-order valence-corrected chi connectivity index (χ3v) is 4.03. The van der Waals surface area contributed by atoms with Crippen molar-refractivity contribution in [2.75, 3.05) is 5.32 Å². The van der Waals surface area contributed by atoms with Gasteiger partial charge in [0.1, 0.15) is 5.69 Å². The Morgan fingerprint density at radius 3 is 2.52 bits per heavy atom. The lowest BCUT2D eigenvalue weighted by Crippen LogP contribution is -2.24. The normalized spacial score (nSPS) is 17.0. The summed E-state index contributed by atoms with van der Waals surface area (Å²) in [5.41, 5.74) is 0.591. The number of benzene rings is 1. The number of nitro benzene ring substituents is 1. The van der Waals surface area contributed by atoms with Crippen LogP contribution in [0.3, 0.4) is 0 Å². The Bertz CT molecular complexity index is 496. The quantitative estimate of drug-likeness (QED) is 0.624. The zero-order valence-corrected chi connectivity index (χ0v) is 13.0. The van der Waals surface area contributed by atoms with Crippen LogP contribution in [-0.2, 0) is 0 Å². The summed E-state index contributed by atoms with van der Waals surface area (Å²) in [6.45, 7) is 5.84. The largest absolute Gasteiger partial charge is 0.484 e. The summed E-state index contributed by atoms with van der Waals surface area (Å²) < 4.78 is 5.57. The van der Waals surface area contributed by atoms with Gasteiger partial charge in [0, 0.05) is 6.04 Å². The molecule has 1 atom stereocenters. The topological polar surface area (TPSA) is 64.4 Å². The molecule has 1 aromatic carbocycles. The highest BCUT2D eigenvalue weighted by Gasteiger charge is 2.26. The molecule has 0 aromatic heterocycles. The molecule has 0 spiro atoms. The second-order valence-corrected chi connectivity index (χ2v) is 6.05. The molecule has 0 heterocycles. The Morgan fingerprint density at radius 2 is 1.95 bits per heavy atom. The lowest BCUT2D eigenvalue weighted by Gasteiger charge is -2.22. The van der Waals surface area contributed by atoms with Gasteiger partial charge in [0.05, 0.1) is 11.0 Å². The minimum Gasteiger partial charge on any atom is -0.484 e. The van der Waals surface area contributed by atoms with Crippen LogP contribution in [0.1, 0.15) is 46.5 Å². The van der Waals surface area contributed by atoms with Crippen molar-refractivity contribution < 1.29 is 9.66 Å². The number of ether oxygens (including phenoxy) is 1. The predicted molar refractivity (Wildman–Crippen MR) is 83.9 cm³/mol. The number of nitrogens with zero attached hydrogens (tertiary/aromatic N) is 1. The Kier molecular flexibility index (Phi) is 5.04. The maximum absolute atomic E-state index is 11.4. The molecule has 5 nitrogen and oxygen atoms in total. The smallest absolute Gasteiger partial charge is 0.333 e.